The van der Waals surface area contributed by atoms with Gasteiger partial charge in [-0.25, -0.2) is 9.59 Å². The molecule has 2 heterocycles. The van der Waals surface area contributed by atoms with Crippen molar-refractivity contribution in [2.75, 3.05) is 6.54 Å². The van der Waals surface area contributed by atoms with Gasteiger partial charge in [0.05, 0.1) is 5.56 Å². The average molecular weight is 401 g/mol. The molecule has 0 aliphatic carbocycles. The maximum absolute atomic E-state index is 12.6. The van der Waals surface area contributed by atoms with E-state index in [9.17, 15) is 14.4 Å². The van der Waals surface area contributed by atoms with Crippen LogP contribution in [-0.2, 0) is 11.2 Å². The van der Waals surface area contributed by atoms with Crippen LogP contribution >= 0.6 is 0 Å². The average Bonchev–Trinajstić information content (AvgIpc) is 3.32. The predicted molar refractivity (Wildman–Crippen MR) is 112 cm³/mol. The SMILES string of the molecule is O=C(O)c1cccc(-c2ccc(/C=C3\NC(=O)N(CCc4ccccc4)C3=O)[nH]2)c1. The quantitative estimate of drug-likeness (QED) is 0.434. The second-order valence-electron chi connectivity index (χ2n) is 6.89. The van der Waals surface area contributed by atoms with E-state index in [0.29, 0.717) is 29.9 Å². The number of hydrogen-bond acceptors (Lipinski definition) is 3. The second-order valence-corrected chi connectivity index (χ2v) is 6.89. The van der Waals surface area contributed by atoms with E-state index in [1.165, 1.54) is 11.0 Å². The van der Waals surface area contributed by atoms with Gasteiger partial charge in [-0.2, -0.15) is 0 Å². The number of imide groups is 1. The van der Waals surface area contributed by atoms with Crippen LogP contribution in [0, 0.1) is 0 Å². The van der Waals surface area contributed by atoms with E-state index in [4.69, 9.17) is 5.11 Å². The predicted octanol–water partition coefficient (Wildman–Crippen LogP) is 3.52. The Balaban J connectivity index is 1.49. The molecule has 1 aromatic heterocycles. The number of carbonyl (C=O) groups excluding carboxylic acids is 2. The van der Waals surface area contributed by atoms with Gasteiger partial charge >= 0.3 is 12.0 Å². The molecule has 1 aliphatic heterocycles. The second kappa shape index (κ2) is 8.08. The Bertz CT molecular complexity index is 1150. The number of carboxylic acids is 1. The fourth-order valence-electron chi connectivity index (χ4n) is 3.30. The maximum atomic E-state index is 12.6. The van der Waals surface area contributed by atoms with E-state index in [2.05, 4.69) is 10.3 Å². The van der Waals surface area contributed by atoms with Crippen LogP contribution in [0.3, 0.4) is 0 Å². The first-order valence-electron chi connectivity index (χ1n) is 9.42. The Kier molecular flexibility index (Phi) is 5.17. The molecule has 0 unspecified atom stereocenters. The molecule has 2 aromatic carbocycles. The molecular weight excluding hydrogens is 382 g/mol. The number of urea groups is 1. The van der Waals surface area contributed by atoms with Crippen molar-refractivity contribution >= 4 is 24.0 Å². The Morgan fingerprint density at radius 3 is 2.57 bits per heavy atom. The molecule has 1 aliphatic rings. The maximum Gasteiger partial charge on any atom is 0.335 e. The third-order valence-corrected chi connectivity index (χ3v) is 4.86. The fourth-order valence-corrected chi connectivity index (χ4v) is 3.30. The molecule has 30 heavy (non-hydrogen) atoms. The minimum Gasteiger partial charge on any atom is -0.478 e. The third kappa shape index (κ3) is 4.00. The highest BCUT2D eigenvalue weighted by molar-refractivity contribution is 6.13. The summed E-state index contributed by atoms with van der Waals surface area (Å²) in [6.07, 6.45) is 2.16. The summed E-state index contributed by atoms with van der Waals surface area (Å²) in [6, 6.07) is 19.3. The number of amides is 3. The molecule has 1 saturated heterocycles. The summed E-state index contributed by atoms with van der Waals surface area (Å²) in [5, 5.41) is 11.8. The zero-order chi connectivity index (χ0) is 21.1. The Morgan fingerprint density at radius 1 is 1.00 bits per heavy atom. The van der Waals surface area contributed by atoms with Crippen molar-refractivity contribution in [3.63, 3.8) is 0 Å². The van der Waals surface area contributed by atoms with Gasteiger partial charge in [-0.3, -0.25) is 9.69 Å². The lowest BCUT2D eigenvalue weighted by Gasteiger charge is -2.11. The van der Waals surface area contributed by atoms with Crippen molar-refractivity contribution in [2.45, 2.75) is 6.42 Å². The van der Waals surface area contributed by atoms with Crippen LogP contribution in [0.25, 0.3) is 17.3 Å². The first kappa shape index (κ1) is 19.2. The highest BCUT2D eigenvalue weighted by Crippen LogP contribution is 2.22. The van der Waals surface area contributed by atoms with Gasteiger partial charge in [0.1, 0.15) is 5.70 Å². The van der Waals surface area contributed by atoms with Gasteiger partial charge in [0.15, 0.2) is 0 Å². The van der Waals surface area contributed by atoms with Gasteiger partial charge in [-0.1, -0.05) is 42.5 Å². The summed E-state index contributed by atoms with van der Waals surface area (Å²) in [5.74, 6) is -1.37. The number of benzene rings is 2. The molecule has 3 amide bonds. The van der Waals surface area contributed by atoms with E-state index >= 15 is 0 Å². The molecule has 0 saturated carbocycles. The summed E-state index contributed by atoms with van der Waals surface area (Å²) in [7, 11) is 0. The number of nitrogens with one attached hydrogen (secondary N) is 2. The van der Waals surface area contributed by atoms with Gasteiger partial charge in [0.25, 0.3) is 5.91 Å². The molecule has 0 spiro atoms. The Morgan fingerprint density at radius 2 is 1.80 bits per heavy atom. The first-order valence-corrected chi connectivity index (χ1v) is 9.42. The van der Waals surface area contributed by atoms with E-state index in [1.54, 1.807) is 36.4 Å². The van der Waals surface area contributed by atoms with Crippen LogP contribution in [0.5, 0.6) is 0 Å². The molecule has 7 nitrogen and oxygen atoms in total. The summed E-state index contributed by atoms with van der Waals surface area (Å²) in [6.45, 7) is 0.296. The van der Waals surface area contributed by atoms with Crippen molar-refractivity contribution in [3.8, 4) is 11.3 Å². The molecule has 4 rings (SSSR count). The van der Waals surface area contributed by atoms with Crippen LogP contribution in [-0.4, -0.2) is 39.4 Å². The van der Waals surface area contributed by atoms with Crippen molar-refractivity contribution < 1.29 is 19.5 Å². The standard InChI is InChI=1S/C23H19N3O4/c27-21-20(25-23(30)26(21)12-11-15-5-2-1-3-6-15)14-18-9-10-19(24-18)16-7-4-8-17(13-16)22(28)29/h1-10,13-14,24H,11-12H2,(H,25,30)(H,28,29)/b20-14-. The summed E-state index contributed by atoms with van der Waals surface area (Å²) >= 11 is 0. The van der Waals surface area contributed by atoms with Crippen LogP contribution in [0.2, 0.25) is 0 Å². The Labute approximate surface area is 172 Å². The van der Waals surface area contributed by atoms with Gasteiger partial charge in [0, 0.05) is 17.9 Å². The minimum absolute atomic E-state index is 0.189. The number of carboxylic acid groups (broad SMARTS) is 1. The smallest absolute Gasteiger partial charge is 0.335 e. The summed E-state index contributed by atoms with van der Waals surface area (Å²) in [5.41, 5.74) is 3.48. The monoisotopic (exact) mass is 401 g/mol. The van der Waals surface area contributed by atoms with Crippen LogP contribution in [0.15, 0.2) is 72.4 Å². The van der Waals surface area contributed by atoms with Crippen molar-refractivity contribution in [2.24, 2.45) is 0 Å². The highest BCUT2D eigenvalue weighted by atomic mass is 16.4. The number of carbonyl (C=O) groups is 3. The van der Waals surface area contributed by atoms with Gasteiger partial charge in [-0.05, 0) is 47.9 Å². The van der Waals surface area contributed by atoms with Crippen LogP contribution < -0.4 is 5.32 Å². The third-order valence-electron chi connectivity index (χ3n) is 4.86. The lowest BCUT2D eigenvalue weighted by atomic mass is 10.1. The molecule has 0 radical (unpaired) electrons. The van der Waals surface area contributed by atoms with Crippen molar-refractivity contribution in [1.82, 2.24) is 15.2 Å². The Hall–Kier alpha value is -4.13. The topological polar surface area (TPSA) is 102 Å². The lowest BCUT2D eigenvalue weighted by molar-refractivity contribution is -0.122. The number of nitrogens with zero attached hydrogens (tertiary/aromatic N) is 1. The summed E-state index contributed by atoms with van der Waals surface area (Å²) < 4.78 is 0. The molecule has 7 heteroatoms. The zero-order valence-electron chi connectivity index (χ0n) is 16.0. The number of hydrogen-bond donors (Lipinski definition) is 3. The summed E-state index contributed by atoms with van der Waals surface area (Å²) in [4.78, 5) is 40.3. The highest BCUT2D eigenvalue weighted by Gasteiger charge is 2.33. The molecule has 150 valence electrons. The van der Waals surface area contributed by atoms with E-state index in [-0.39, 0.29) is 17.2 Å². The van der Waals surface area contributed by atoms with Crippen molar-refractivity contribution in [3.05, 3.63) is 89.2 Å². The number of aromatic nitrogens is 1. The van der Waals surface area contributed by atoms with E-state index in [1.807, 2.05) is 30.3 Å². The molecule has 1 fully saturated rings. The molecule has 3 aromatic rings. The normalized spacial score (nSPS) is 14.9. The largest absolute Gasteiger partial charge is 0.478 e. The molecule has 3 N–H and O–H groups in total. The molecule has 0 atom stereocenters. The van der Waals surface area contributed by atoms with Gasteiger partial charge in [-0.15, -0.1) is 0 Å². The van der Waals surface area contributed by atoms with Gasteiger partial charge in [0.2, 0.25) is 0 Å². The van der Waals surface area contributed by atoms with Crippen molar-refractivity contribution in [1.29, 1.82) is 0 Å². The fraction of sp³-hybridized carbons (Fsp3) is 0.0870. The van der Waals surface area contributed by atoms with Crippen LogP contribution in [0.4, 0.5) is 4.79 Å². The van der Waals surface area contributed by atoms with Gasteiger partial charge < -0.3 is 15.4 Å². The number of H-pyrrole nitrogens is 1. The van der Waals surface area contributed by atoms with Crippen LogP contribution in [0.1, 0.15) is 21.6 Å². The molecule has 0 bridgehead atoms. The van der Waals surface area contributed by atoms with E-state index < -0.39 is 12.0 Å². The number of aromatic amines is 1. The first-order chi connectivity index (χ1) is 14.5. The molecular formula is C23H19N3O4. The lowest BCUT2D eigenvalue weighted by Crippen LogP contribution is -2.32. The minimum atomic E-state index is -0.999. The zero-order valence-corrected chi connectivity index (χ0v) is 16.0. The number of rotatable bonds is 6. The number of aromatic carboxylic acids is 1. The van der Waals surface area contributed by atoms with E-state index in [0.717, 1.165) is 5.56 Å².